The summed E-state index contributed by atoms with van der Waals surface area (Å²) >= 11 is 1.38. The average Bonchev–Trinajstić information content (AvgIpc) is 3.26. The summed E-state index contributed by atoms with van der Waals surface area (Å²) in [4.78, 5) is 45.9. The number of carbonyl (C=O) groups excluding carboxylic acids is 3. The van der Waals surface area contributed by atoms with E-state index in [4.69, 9.17) is 11.2 Å². The van der Waals surface area contributed by atoms with Crippen LogP contribution >= 0.6 is 11.3 Å². The molecule has 1 saturated heterocycles. The molecule has 0 unspecified atom stereocenters. The second kappa shape index (κ2) is 9.66. The summed E-state index contributed by atoms with van der Waals surface area (Å²) in [7, 11) is 0. The highest BCUT2D eigenvalue weighted by atomic mass is 32.1. The summed E-state index contributed by atoms with van der Waals surface area (Å²) in [6.07, 6.45) is 9.07. The molecular formula is C19H19N5O4S. The van der Waals surface area contributed by atoms with Crippen LogP contribution in [0.3, 0.4) is 0 Å². The molecule has 0 spiro atoms. The second-order valence-corrected chi connectivity index (χ2v) is 7.13. The first-order chi connectivity index (χ1) is 14.1. The molecule has 2 aromatic heterocycles. The van der Waals surface area contributed by atoms with Crippen molar-refractivity contribution in [1.82, 2.24) is 25.7 Å². The molecule has 0 aromatic carbocycles. The maximum atomic E-state index is 12.2. The van der Waals surface area contributed by atoms with Crippen LogP contribution in [-0.2, 0) is 4.74 Å². The topological polar surface area (TPSA) is 114 Å². The highest BCUT2D eigenvalue weighted by Gasteiger charge is 2.27. The van der Waals surface area contributed by atoms with Gasteiger partial charge in [0.2, 0.25) is 0 Å². The molecule has 0 aliphatic carbocycles. The Morgan fingerprint density at radius 3 is 2.72 bits per heavy atom. The lowest BCUT2D eigenvalue weighted by atomic mass is 9.98. The number of pyridine rings is 1. The van der Waals surface area contributed by atoms with E-state index in [0.717, 1.165) is 17.8 Å². The van der Waals surface area contributed by atoms with E-state index in [9.17, 15) is 14.4 Å². The lowest BCUT2D eigenvalue weighted by Gasteiger charge is -2.30. The zero-order valence-electron chi connectivity index (χ0n) is 15.5. The van der Waals surface area contributed by atoms with E-state index in [-0.39, 0.29) is 18.2 Å². The molecule has 0 saturated carbocycles. The third-order valence-corrected chi connectivity index (χ3v) is 5.36. The molecule has 9 nitrogen and oxygen atoms in total. The number of ether oxygens (including phenoxy) is 1. The summed E-state index contributed by atoms with van der Waals surface area (Å²) in [6, 6.07) is 3.22. The van der Waals surface area contributed by atoms with Crippen LogP contribution in [0.4, 0.5) is 4.79 Å². The largest absolute Gasteiger partial charge is 0.436 e. The number of hydrogen-bond acceptors (Lipinski definition) is 7. The fraction of sp³-hybridized carbons (Fsp3) is 0.316. The van der Waals surface area contributed by atoms with E-state index in [1.54, 1.807) is 28.6 Å². The van der Waals surface area contributed by atoms with Crippen molar-refractivity contribution < 1.29 is 19.1 Å². The van der Waals surface area contributed by atoms with Crippen LogP contribution in [-0.4, -0.2) is 52.5 Å². The molecule has 3 amide bonds. The summed E-state index contributed by atoms with van der Waals surface area (Å²) in [5.74, 6) is 1.46. The van der Waals surface area contributed by atoms with Gasteiger partial charge in [-0.1, -0.05) is 5.92 Å². The number of thiazole rings is 1. The third kappa shape index (κ3) is 5.30. The molecule has 150 valence electrons. The van der Waals surface area contributed by atoms with Crippen LogP contribution in [0.15, 0.2) is 29.9 Å². The van der Waals surface area contributed by atoms with Gasteiger partial charge < -0.3 is 9.64 Å². The van der Waals surface area contributed by atoms with Crippen molar-refractivity contribution in [3.05, 3.63) is 46.2 Å². The van der Waals surface area contributed by atoms with Gasteiger partial charge in [-0.05, 0) is 25.0 Å². The van der Waals surface area contributed by atoms with Gasteiger partial charge in [0.25, 0.3) is 11.8 Å². The van der Waals surface area contributed by atoms with Crippen molar-refractivity contribution in [2.24, 2.45) is 0 Å². The monoisotopic (exact) mass is 413 g/mol. The number of terminal acetylenes is 1. The summed E-state index contributed by atoms with van der Waals surface area (Å²) in [6.45, 7) is 1.04. The SMILES string of the molecule is C#CCOC(=O)N1CCC(c2nc(C(=O)NNC(=O)c3cccnc3)cs2)CC1. The van der Waals surface area contributed by atoms with Crippen LogP contribution in [0.2, 0.25) is 0 Å². The van der Waals surface area contributed by atoms with Gasteiger partial charge in [-0.25, -0.2) is 9.78 Å². The minimum atomic E-state index is -0.500. The quantitative estimate of drug-likeness (QED) is 0.581. The minimum absolute atomic E-state index is 0.0406. The Morgan fingerprint density at radius 1 is 1.28 bits per heavy atom. The van der Waals surface area contributed by atoms with E-state index in [0.29, 0.717) is 18.7 Å². The fourth-order valence-corrected chi connectivity index (χ4v) is 3.80. The molecule has 29 heavy (non-hydrogen) atoms. The average molecular weight is 413 g/mol. The van der Waals surface area contributed by atoms with E-state index in [1.807, 2.05) is 0 Å². The fourth-order valence-electron chi connectivity index (χ4n) is 2.83. The van der Waals surface area contributed by atoms with Gasteiger partial charge in [-0.15, -0.1) is 17.8 Å². The highest BCUT2D eigenvalue weighted by Crippen LogP contribution is 2.30. The van der Waals surface area contributed by atoms with Crippen molar-refractivity contribution in [2.75, 3.05) is 19.7 Å². The summed E-state index contributed by atoms with van der Waals surface area (Å²) in [5, 5.41) is 2.47. The van der Waals surface area contributed by atoms with Crippen molar-refractivity contribution in [3.63, 3.8) is 0 Å². The number of aromatic nitrogens is 2. The van der Waals surface area contributed by atoms with E-state index >= 15 is 0 Å². The smallest absolute Gasteiger partial charge is 0.410 e. The van der Waals surface area contributed by atoms with Gasteiger partial charge in [-0.3, -0.25) is 25.4 Å². The van der Waals surface area contributed by atoms with Crippen molar-refractivity contribution >= 4 is 29.2 Å². The standard InChI is InChI=1S/C19H19N5O4S/c1-2-10-28-19(27)24-8-5-13(6-9-24)18-21-15(12-29-18)17(26)23-22-16(25)14-4-3-7-20-11-14/h1,3-4,7,11-13H,5-6,8-10H2,(H,22,25)(H,23,26). The number of nitrogens with zero attached hydrogens (tertiary/aromatic N) is 3. The zero-order valence-corrected chi connectivity index (χ0v) is 16.3. The third-order valence-electron chi connectivity index (χ3n) is 4.35. The Morgan fingerprint density at radius 2 is 2.03 bits per heavy atom. The van der Waals surface area contributed by atoms with Crippen LogP contribution < -0.4 is 10.9 Å². The Bertz CT molecular complexity index is 916. The predicted molar refractivity (Wildman–Crippen MR) is 105 cm³/mol. The molecular weight excluding hydrogens is 394 g/mol. The Hall–Kier alpha value is -3.45. The van der Waals surface area contributed by atoms with Gasteiger partial charge >= 0.3 is 6.09 Å². The summed E-state index contributed by atoms with van der Waals surface area (Å²) in [5.41, 5.74) is 5.24. The molecule has 1 fully saturated rings. The first-order valence-corrected chi connectivity index (χ1v) is 9.77. The van der Waals surface area contributed by atoms with Crippen LogP contribution in [0.25, 0.3) is 0 Å². The van der Waals surface area contributed by atoms with E-state index in [2.05, 4.69) is 26.7 Å². The van der Waals surface area contributed by atoms with Gasteiger partial charge in [0.15, 0.2) is 6.61 Å². The Labute approximate surface area is 171 Å². The number of piperidine rings is 1. The normalized spacial score (nSPS) is 14.0. The first-order valence-electron chi connectivity index (χ1n) is 8.89. The van der Waals surface area contributed by atoms with Gasteiger partial charge in [0.1, 0.15) is 5.69 Å². The highest BCUT2D eigenvalue weighted by molar-refractivity contribution is 7.09. The number of amides is 3. The number of carbonyl (C=O) groups is 3. The second-order valence-electron chi connectivity index (χ2n) is 6.24. The number of hydrogen-bond donors (Lipinski definition) is 2. The molecule has 0 atom stereocenters. The van der Waals surface area contributed by atoms with Crippen LogP contribution in [0.5, 0.6) is 0 Å². The zero-order chi connectivity index (χ0) is 20.6. The van der Waals surface area contributed by atoms with Crippen LogP contribution in [0, 0.1) is 12.3 Å². The molecule has 0 radical (unpaired) electrons. The molecule has 0 bridgehead atoms. The Balaban J connectivity index is 1.49. The number of likely N-dealkylation sites (tertiary alicyclic amines) is 1. The molecule has 2 aromatic rings. The maximum absolute atomic E-state index is 12.2. The van der Waals surface area contributed by atoms with Crippen molar-refractivity contribution in [3.8, 4) is 12.3 Å². The van der Waals surface area contributed by atoms with E-state index in [1.165, 1.54) is 17.5 Å². The molecule has 1 aliphatic heterocycles. The maximum Gasteiger partial charge on any atom is 0.410 e. The van der Waals surface area contributed by atoms with Gasteiger partial charge in [-0.2, -0.15) is 0 Å². The number of nitrogens with one attached hydrogen (secondary N) is 2. The van der Waals surface area contributed by atoms with Crippen molar-refractivity contribution in [2.45, 2.75) is 18.8 Å². The lowest BCUT2D eigenvalue weighted by Crippen LogP contribution is -2.41. The first kappa shape index (κ1) is 20.3. The van der Waals surface area contributed by atoms with Gasteiger partial charge in [0, 0.05) is 36.8 Å². The number of hydrazine groups is 1. The molecule has 10 heteroatoms. The van der Waals surface area contributed by atoms with Crippen LogP contribution in [0.1, 0.15) is 44.6 Å². The molecule has 3 rings (SSSR count). The molecule has 2 N–H and O–H groups in total. The molecule has 1 aliphatic rings. The predicted octanol–water partition coefficient (Wildman–Crippen LogP) is 1.56. The minimum Gasteiger partial charge on any atom is -0.436 e. The lowest BCUT2D eigenvalue weighted by molar-refractivity contribution is 0.0844. The molecule has 3 heterocycles. The summed E-state index contributed by atoms with van der Waals surface area (Å²) < 4.78 is 4.93. The number of rotatable bonds is 4. The van der Waals surface area contributed by atoms with E-state index < -0.39 is 17.9 Å². The Kier molecular flexibility index (Phi) is 6.76. The van der Waals surface area contributed by atoms with Crippen molar-refractivity contribution in [1.29, 1.82) is 0 Å². The van der Waals surface area contributed by atoms with Gasteiger partial charge in [0.05, 0.1) is 10.6 Å².